The van der Waals surface area contributed by atoms with Gasteiger partial charge >= 0.3 is 0 Å². The number of nitrogens with one attached hydrogen (secondary N) is 1. The van der Waals surface area contributed by atoms with E-state index < -0.39 is 0 Å². The van der Waals surface area contributed by atoms with Crippen LogP contribution < -0.4 is 5.32 Å². The number of benzene rings is 2. The number of nitrogens with zero attached hydrogens (tertiary/aromatic N) is 2. The summed E-state index contributed by atoms with van der Waals surface area (Å²) in [5.74, 6) is 0.705. The van der Waals surface area contributed by atoms with Crippen molar-refractivity contribution in [3.8, 4) is 0 Å². The van der Waals surface area contributed by atoms with Gasteiger partial charge in [0.05, 0.1) is 0 Å². The minimum Gasteiger partial charge on any atom is -0.451 e. The predicted molar refractivity (Wildman–Crippen MR) is 115 cm³/mol. The van der Waals surface area contributed by atoms with E-state index in [0.29, 0.717) is 15.7 Å². The van der Waals surface area contributed by atoms with E-state index in [-0.39, 0.29) is 11.7 Å². The highest BCUT2D eigenvalue weighted by Crippen LogP contribution is 2.31. The Morgan fingerprint density at radius 3 is 2.86 bits per heavy atom. The van der Waals surface area contributed by atoms with E-state index in [0.717, 1.165) is 21.0 Å². The summed E-state index contributed by atoms with van der Waals surface area (Å²) in [7, 11) is 0. The van der Waals surface area contributed by atoms with Crippen molar-refractivity contribution in [1.82, 2.24) is 10.2 Å². The van der Waals surface area contributed by atoms with Crippen molar-refractivity contribution >= 4 is 56.7 Å². The molecule has 1 amide bonds. The van der Waals surface area contributed by atoms with Gasteiger partial charge in [-0.05, 0) is 43.2 Å². The van der Waals surface area contributed by atoms with E-state index in [4.69, 9.17) is 16.0 Å². The average molecular weight is 430 g/mol. The van der Waals surface area contributed by atoms with Gasteiger partial charge in [0.15, 0.2) is 10.1 Å². The third-order valence-electron chi connectivity index (χ3n) is 4.34. The van der Waals surface area contributed by atoms with Gasteiger partial charge in [0.25, 0.3) is 5.91 Å². The second-order valence-corrected chi connectivity index (χ2v) is 8.88. The molecule has 1 N–H and O–H groups in total. The molecule has 142 valence electrons. The zero-order chi connectivity index (χ0) is 19.7. The summed E-state index contributed by atoms with van der Waals surface area (Å²) in [6.07, 6.45) is 0. The molecule has 4 aromatic rings. The molecular weight excluding hydrogens is 414 g/mol. The first-order valence-corrected chi connectivity index (χ1v) is 10.7. The highest BCUT2D eigenvalue weighted by molar-refractivity contribution is 8.00. The summed E-state index contributed by atoms with van der Waals surface area (Å²) in [6, 6.07) is 13.5. The van der Waals surface area contributed by atoms with Crippen molar-refractivity contribution in [2.45, 2.75) is 23.9 Å². The normalized spacial score (nSPS) is 11.1. The Morgan fingerprint density at radius 2 is 2.04 bits per heavy atom. The minimum absolute atomic E-state index is 0.251. The van der Waals surface area contributed by atoms with Gasteiger partial charge in [-0.1, -0.05) is 59.0 Å². The topological polar surface area (TPSA) is 68.0 Å². The van der Waals surface area contributed by atoms with E-state index in [1.54, 1.807) is 30.0 Å². The standard InChI is InChI=1S/C20H16ClN3O2S2/c1-11-5-3-4-6-13(11)10-27-20-24-23-19(28-20)22-18(25)17-12(2)15-9-14(21)7-8-16(15)26-17/h3-9H,10H2,1-2H3,(H,22,23,25). The number of rotatable bonds is 5. The molecule has 28 heavy (non-hydrogen) atoms. The average Bonchev–Trinajstić information content (AvgIpc) is 3.25. The van der Waals surface area contributed by atoms with Gasteiger partial charge in [0.1, 0.15) is 5.58 Å². The number of anilines is 1. The molecule has 0 aliphatic carbocycles. The fourth-order valence-corrected chi connectivity index (χ4v) is 4.79. The van der Waals surface area contributed by atoms with Crippen LogP contribution in [0.5, 0.6) is 0 Å². The number of hydrogen-bond acceptors (Lipinski definition) is 6. The number of fused-ring (bicyclic) bond motifs is 1. The number of aromatic nitrogens is 2. The zero-order valence-corrected chi connectivity index (χ0v) is 17.5. The molecule has 2 aromatic carbocycles. The van der Waals surface area contributed by atoms with Crippen LogP contribution in [0.25, 0.3) is 11.0 Å². The van der Waals surface area contributed by atoms with Crippen LogP contribution in [0.3, 0.4) is 0 Å². The predicted octanol–water partition coefficient (Wildman–Crippen LogP) is 6.10. The number of hydrogen-bond donors (Lipinski definition) is 1. The van der Waals surface area contributed by atoms with Crippen molar-refractivity contribution < 1.29 is 9.21 Å². The molecule has 2 heterocycles. The molecule has 0 aliphatic heterocycles. The number of carbonyl (C=O) groups excluding carboxylic acids is 1. The summed E-state index contributed by atoms with van der Waals surface area (Å²) in [6.45, 7) is 3.92. The van der Waals surface area contributed by atoms with Crippen molar-refractivity contribution in [3.63, 3.8) is 0 Å². The van der Waals surface area contributed by atoms with Crippen LogP contribution in [0.15, 0.2) is 51.2 Å². The van der Waals surface area contributed by atoms with Crippen molar-refractivity contribution in [2.24, 2.45) is 0 Å². The van der Waals surface area contributed by atoms with E-state index in [2.05, 4.69) is 34.6 Å². The second-order valence-electron chi connectivity index (χ2n) is 6.24. The minimum atomic E-state index is -0.351. The van der Waals surface area contributed by atoms with Crippen LogP contribution in [0.1, 0.15) is 27.2 Å². The highest BCUT2D eigenvalue weighted by Gasteiger charge is 2.19. The molecular formula is C20H16ClN3O2S2. The number of aryl methyl sites for hydroxylation is 2. The maximum atomic E-state index is 12.6. The van der Waals surface area contributed by atoms with Gasteiger partial charge in [-0.2, -0.15) is 0 Å². The van der Waals surface area contributed by atoms with E-state index in [1.807, 2.05) is 19.1 Å². The third kappa shape index (κ3) is 3.92. The van der Waals surface area contributed by atoms with Crippen LogP contribution >= 0.6 is 34.7 Å². The largest absolute Gasteiger partial charge is 0.451 e. The van der Waals surface area contributed by atoms with Gasteiger partial charge in [-0.15, -0.1) is 10.2 Å². The van der Waals surface area contributed by atoms with Gasteiger partial charge in [0, 0.05) is 21.7 Å². The fraction of sp³-hybridized carbons (Fsp3) is 0.150. The Bertz CT molecular complexity index is 1170. The molecule has 4 rings (SSSR count). The zero-order valence-electron chi connectivity index (χ0n) is 15.2. The molecule has 0 atom stereocenters. The molecule has 2 aromatic heterocycles. The van der Waals surface area contributed by atoms with Crippen LogP contribution in [0, 0.1) is 13.8 Å². The van der Waals surface area contributed by atoms with E-state index in [9.17, 15) is 4.79 Å². The molecule has 0 spiro atoms. The van der Waals surface area contributed by atoms with Gasteiger partial charge in [-0.25, -0.2) is 0 Å². The first-order chi connectivity index (χ1) is 13.5. The summed E-state index contributed by atoms with van der Waals surface area (Å²) in [5.41, 5.74) is 3.87. The second kappa shape index (κ2) is 7.95. The quantitative estimate of drug-likeness (QED) is 0.306. The molecule has 0 unspecified atom stereocenters. The molecule has 0 saturated heterocycles. The lowest BCUT2D eigenvalue weighted by molar-refractivity contribution is 0.0998. The van der Waals surface area contributed by atoms with Crippen LogP contribution in [0.4, 0.5) is 5.13 Å². The fourth-order valence-electron chi connectivity index (χ4n) is 2.79. The summed E-state index contributed by atoms with van der Waals surface area (Å²) in [4.78, 5) is 12.6. The number of furan rings is 1. The first kappa shape index (κ1) is 19.0. The SMILES string of the molecule is Cc1ccccc1CSc1nnc(NC(=O)c2oc3ccc(Cl)cc3c2C)s1. The van der Waals surface area contributed by atoms with Crippen LogP contribution in [-0.4, -0.2) is 16.1 Å². The Kier molecular flexibility index (Phi) is 5.39. The van der Waals surface area contributed by atoms with Crippen molar-refractivity contribution in [3.05, 3.63) is 69.9 Å². The molecule has 5 nitrogen and oxygen atoms in total. The summed E-state index contributed by atoms with van der Waals surface area (Å²) in [5, 5.41) is 12.9. The smallest absolute Gasteiger partial charge is 0.293 e. The lowest BCUT2D eigenvalue weighted by atomic mass is 10.1. The summed E-state index contributed by atoms with van der Waals surface area (Å²) < 4.78 is 6.49. The maximum Gasteiger partial charge on any atom is 0.293 e. The molecule has 0 saturated carbocycles. The monoisotopic (exact) mass is 429 g/mol. The van der Waals surface area contributed by atoms with Crippen molar-refractivity contribution in [1.29, 1.82) is 0 Å². The molecule has 8 heteroatoms. The number of carbonyl (C=O) groups is 1. The maximum absolute atomic E-state index is 12.6. The Balaban J connectivity index is 1.46. The lowest BCUT2D eigenvalue weighted by Gasteiger charge is -2.02. The van der Waals surface area contributed by atoms with E-state index >= 15 is 0 Å². The lowest BCUT2D eigenvalue weighted by Crippen LogP contribution is -2.11. The van der Waals surface area contributed by atoms with Gasteiger partial charge in [-0.3, -0.25) is 10.1 Å². The van der Waals surface area contributed by atoms with Gasteiger partial charge in [0.2, 0.25) is 5.13 Å². The van der Waals surface area contributed by atoms with Gasteiger partial charge < -0.3 is 4.42 Å². The number of thioether (sulfide) groups is 1. The van der Waals surface area contributed by atoms with Crippen LogP contribution in [0.2, 0.25) is 5.02 Å². The number of amides is 1. The highest BCUT2D eigenvalue weighted by atomic mass is 35.5. The molecule has 0 radical (unpaired) electrons. The van der Waals surface area contributed by atoms with E-state index in [1.165, 1.54) is 22.5 Å². The number of halogens is 1. The Hall–Kier alpha value is -2.35. The Labute approximate surface area is 175 Å². The van der Waals surface area contributed by atoms with Crippen LogP contribution in [-0.2, 0) is 5.75 Å². The molecule has 0 fully saturated rings. The first-order valence-electron chi connectivity index (χ1n) is 8.52. The molecule has 0 aliphatic rings. The summed E-state index contributed by atoms with van der Waals surface area (Å²) >= 11 is 8.97. The van der Waals surface area contributed by atoms with Crippen molar-refractivity contribution in [2.75, 3.05) is 5.32 Å². The third-order valence-corrected chi connectivity index (χ3v) is 6.60. The molecule has 0 bridgehead atoms. The Morgan fingerprint density at radius 1 is 1.21 bits per heavy atom.